The fraction of sp³-hybridized carbons (Fsp3) is 0.600. The van der Waals surface area contributed by atoms with E-state index in [-0.39, 0.29) is 11.3 Å². The highest BCUT2D eigenvalue weighted by Gasteiger charge is 2.37. The van der Waals surface area contributed by atoms with Crippen molar-refractivity contribution in [2.45, 2.75) is 43.5 Å². The maximum absolute atomic E-state index is 13.7. The van der Waals surface area contributed by atoms with Crippen molar-refractivity contribution in [3.8, 4) is 0 Å². The van der Waals surface area contributed by atoms with Gasteiger partial charge in [-0.2, -0.15) is 0 Å². The minimum Gasteiger partial charge on any atom is -0.297 e. The molecule has 2 aliphatic rings. The Bertz CT molecular complexity index is 647. The van der Waals surface area contributed by atoms with Gasteiger partial charge in [0.15, 0.2) is 0 Å². The van der Waals surface area contributed by atoms with Crippen LogP contribution in [-0.4, -0.2) is 37.7 Å². The number of nitrogens with zero attached hydrogens (tertiary/aromatic N) is 1. The Morgan fingerprint density at radius 1 is 1.23 bits per heavy atom. The van der Waals surface area contributed by atoms with Crippen molar-refractivity contribution in [1.29, 1.82) is 0 Å². The number of halogens is 2. The maximum Gasteiger partial charge on any atom is 0.214 e. The molecule has 1 N–H and O–H groups in total. The van der Waals surface area contributed by atoms with Crippen LogP contribution in [0.1, 0.15) is 31.2 Å². The molecule has 1 aromatic carbocycles. The first-order chi connectivity index (χ1) is 10.4. The average molecular weight is 330 g/mol. The van der Waals surface area contributed by atoms with E-state index in [4.69, 9.17) is 0 Å². The topological polar surface area (TPSA) is 49.4 Å². The lowest BCUT2D eigenvalue weighted by Crippen LogP contribution is -2.48. The molecular weight excluding hydrogens is 310 g/mol. The molecule has 1 saturated carbocycles. The zero-order valence-corrected chi connectivity index (χ0v) is 13.1. The quantitative estimate of drug-likeness (QED) is 0.898. The van der Waals surface area contributed by atoms with Crippen LogP contribution in [-0.2, 0) is 16.6 Å². The van der Waals surface area contributed by atoms with Crippen LogP contribution in [0.2, 0.25) is 0 Å². The second kappa shape index (κ2) is 6.22. The number of nitrogens with one attached hydrogen (secondary N) is 1. The molecule has 1 saturated heterocycles. The van der Waals surface area contributed by atoms with E-state index in [0.717, 1.165) is 44.4 Å². The Morgan fingerprint density at radius 3 is 2.73 bits per heavy atom. The van der Waals surface area contributed by atoms with Crippen molar-refractivity contribution < 1.29 is 17.2 Å². The predicted molar refractivity (Wildman–Crippen MR) is 79.7 cm³/mol. The Kier molecular flexibility index (Phi) is 4.47. The molecule has 1 aliphatic heterocycles. The third-order valence-electron chi connectivity index (χ3n) is 4.20. The minimum atomic E-state index is -3.21. The molecule has 3 rings (SSSR count). The van der Waals surface area contributed by atoms with Crippen LogP contribution in [0.3, 0.4) is 0 Å². The molecule has 1 aromatic rings. The van der Waals surface area contributed by atoms with E-state index < -0.39 is 21.7 Å². The standard InChI is InChI=1S/C15H20F2N2O2S/c16-12-3-6-15(17)11(8-12)9-19-7-1-2-13(10-19)18-22(20,21)14-4-5-14/h3,6,8,13-14,18H,1-2,4-5,7,9-10H2. The summed E-state index contributed by atoms with van der Waals surface area (Å²) >= 11 is 0. The van der Waals surface area contributed by atoms with Gasteiger partial charge >= 0.3 is 0 Å². The Balaban J connectivity index is 1.62. The van der Waals surface area contributed by atoms with Crippen molar-refractivity contribution in [2.24, 2.45) is 0 Å². The van der Waals surface area contributed by atoms with Crippen molar-refractivity contribution in [2.75, 3.05) is 13.1 Å². The van der Waals surface area contributed by atoms with Crippen molar-refractivity contribution in [3.05, 3.63) is 35.4 Å². The fourth-order valence-electron chi connectivity index (χ4n) is 2.91. The Hall–Kier alpha value is -1.05. The van der Waals surface area contributed by atoms with Gasteiger partial charge in [-0.3, -0.25) is 4.90 Å². The van der Waals surface area contributed by atoms with Crippen LogP contribution in [0.25, 0.3) is 0 Å². The average Bonchev–Trinajstić information content (AvgIpc) is 3.28. The molecule has 7 heteroatoms. The smallest absolute Gasteiger partial charge is 0.214 e. The van der Waals surface area contributed by atoms with Gasteiger partial charge in [0, 0.05) is 24.7 Å². The van der Waals surface area contributed by atoms with E-state index >= 15 is 0 Å². The highest BCUT2D eigenvalue weighted by Crippen LogP contribution is 2.28. The number of hydrogen-bond donors (Lipinski definition) is 1. The SMILES string of the molecule is O=S(=O)(NC1CCCN(Cc2cc(F)ccc2F)C1)C1CC1. The zero-order valence-electron chi connectivity index (χ0n) is 12.3. The summed E-state index contributed by atoms with van der Waals surface area (Å²) in [5.41, 5.74) is 0.311. The molecule has 0 aromatic heterocycles. The summed E-state index contributed by atoms with van der Waals surface area (Å²) in [6.45, 7) is 1.59. The molecule has 22 heavy (non-hydrogen) atoms. The molecule has 0 spiro atoms. The second-order valence-electron chi connectivity index (χ2n) is 6.17. The normalized spacial score (nSPS) is 23.6. The van der Waals surface area contributed by atoms with Gasteiger partial charge in [-0.25, -0.2) is 21.9 Å². The van der Waals surface area contributed by atoms with Crippen LogP contribution in [0.4, 0.5) is 8.78 Å². The summed E-state index contributed by atoms with van der Waals surface area (Å²) in [6.07, 6.45) is 3.10. The van der Waals surface area contributed by atoms with Crippen molar-refractivity contribution >= 4 is 10.0 Å². The third-order valence-corrected chi connectivity index (χ3v) is 6.21. The minimum absolute atomic E-state index is 0.143. The van der Waals surface area contributed by atoms with Gasteiger partial charge in [0.25, 0.3) is 0 Å². The van der Waals surface area contributed by atoms with E-state index in [1.54, 1.807) is 0 Å². The molecule has 0 radical (unpaired) electrons. The summed E-state index contributed by atoms with van der Waals surface area (Å²) in [5.74, 6) is -0.888. The monoisotopic (exact) mass is 330 g/mol. The predicted octanol–water partition coefficient (Wildman–Crippen LogP) is 2.01. The van der Waals surface area contributed by atoms with Gasteiger partial charge in [-0.15, -0.1) is 0 Å². The highest BCUT2D eigenvalue weighted by atomic mass is 32.2. The molecule has 2 fully saturated rings. The van der Waals surface area contributed by atoms with Gasteiger partial charge in [0.1, 0.15) is 11.6 Å². The molecule has 0 bridgehead atoms. The maximum atomic E-state index is 13.7. The van der Waals surface area contributed by atoms with E-state index in [9.17, 15) is 17.2 Å². The van der Waals surface area contributed by atoms with Crippen LogP contribution >= 0.6 is 0 Å². The first-order valence-corrected chi connectivity index (χ1v) is 9.16. The lowest BCUT2D eigenvalue weighted by molar-refractivity contribution is 0.192. The number of hydrogen-bond acceptors (Lipinski definition) is 3. The lowest BCUT2D eigenvalue weighted by Gasteiger charge is -2.33. The molecule has 4 nitrogen and oxygen atoms in total. The number of rotatable bonds is 5. The Morgan fingerprint density at radius 2 is 2.00 bits per heavy atom. The Labute approximate surface area is 129 Å². The van der Waals surface area contributed by atoms with E-state index in [0.29, 0.717) is 18.7 Å². The number of benzene rings is 1. The fourth-order valence-corrected chi connectivity index (χ4v) is 4.51. The van der Waals surface area contributed by atoms with Gasteiger partial charge < -0.3 is 0 Å². The first kappa shape index (κ1) is 15.8. The number of likely N-dealkylation sites (tertiary alicyclic amines) is 1. The van der Waals surface area contributed by atoms with E-state index in [2.05, 4.69) is 4.72 Å². The van der Waals surface area contributed by atoms with Crippen LogP contribution in [0, 0.1) is 11.6 Å². The van der Waals surface area contributed by atoms with Crippen molar-refractivity contribution in [3.63, 3.8) is 0 Å². The summed E-state index contributed by atoms with van der Waals surface area (Å²) in [5, 5.41) is -0.233. The lowest BCUT2D eigenvalue weighted by atomic mass is 10.1. The number of sulfonamides is 1. The summed E-state index contributed by atoms with van der Waals surface area (Å²) in [7, 11) is -3.21. The molecule has 1 atom stereocenters. The van der Waals surface area contributed by atoms with Crippen LogP contribution in [0.15, 0.2) is 18.2 Å². The van der Waals surface area contributed by atoms with Crippen molar-refractivity contribution in [1.82, 2.24) is 9.62 Å². The molecule has 0 amide bonds. The van der Waals surface area contributed by atoms with Gasteiger partial charge in [0.05, 0.1) is 5.25 Å². The van der Waals surface area contributed by atoms with Gasteiger partial charge in [0.2, 0.25) is 10.0 Å². The number of piperidine rings is 1. The molecule has 1 heterocycles. The van der Waals surface area contributed by atoms with E-state index in [1.807, 2.05) is 4.90 Å². The second-order valence-corrected chi connectivity index (χ2v) is 8.16. The van der Waals surface area contributed by atoms with Gasteiger partial charge in [-0.1, -0.05) is 0 Å². The third kappa shape index (κ3) is 3.83. The molecule has 1 unspecified atom stereocenters. The zero-order chi connectivity index (χ0) is 15.7. The molecule has 1 aliphatic carbocycles. The molecule has 122 valence electrons. The van der Waals surface area contributed by atoms with Crippen LogP contribution < -0.4 is 4.72 Å². The van der Waals surface area contributed by atoms with Gasteiger partial charge in [-0.05, 0) is 50.4 Å². The summed E-state index contributed by atoms with van der Waals surface area (Å²) in [6, 6.07) is 3.28. The largest absolute Gasteiger partial charge is 0.297 e. The van der Waals surface area contributed by atoms with Crippen LogP contribution in [0.5, 0.6) is 0 Å². The van der Waals surface area contributed by atoms with E-state index in [1.165, 1.54) is 6.07 Å². The summed E-state index contributed by atoms with van der Waals surface area (Å²) in [4.78, 5) is 1.97. The first-order valence-electron chi connectivity index (χ1n) is 7.61. The highest BCUT2D eigenvalue weighted by molar-refractivity contribution is 7.90. The summed E-state index contributed by atoms with van der Waals surface area (Å²) < 4.78 is 53.7. The molecular formula is C15H20F2N2O2S.